The van der Waals surface area contributed by atoms with Crippen LogP contribution in [0.15, 0.2) is 22.0 Å². The lowest BCUT2D eigenvalue weighted by atomic mass is 10.2. The van der Waals surface area contributed by atoms with Crippen molar-refractivity contribution >= 4 is 17.2 Å². The molecule has 2 aromatic heterocycles. The van der Waals surface area contributed by atoms with Gasteiger partial charge in [-0.3, -0.25) is 9.69 Å². The summed E-state index contributed by atoms with van der Waals surface area (Å²) in [5, 5.41) is 5.91. The highest BCUT2D eigenvalue weighted by Crippen LogP contribution is 2.21. The van der Waals surface area contributed by atoms with Crippen molar-refractivity contribution in [1.29, 1.82) is 0 Å². The lowest BCUT2D eigenvalue weighted by Gasteiger charge is -2.20. The van der Waals surface area contributed by atoms with Gasteiger partial charge in [-0.1, -0.05) is 25.1 Å². The highest BCUT2D eigenvalue weighted by atomic mass is 32.1. The zero-order valence-corrected chi connectivity index (χ0v) is 12.4. The third kappa shape index (κ3) is 4.14. The minimum Gasteiger partial charge on any atom is -0.369 e. The molecule has 6 nitrogen and oxygen atoms in total. The van der Waals surface area contributed by atoms with Gasteiger partial charge < -0.3 is 10.3 Å². The zero-order valence-electron chi connectivity index (χ0n) is 11.6. The molecule has 0 saturated heterocycles. The maximum Gasteiger partial charge on any atom is 0.241 e. The van der Waals surface area contributed by atoms with E-state index in [9.17, 15) is 4.79 Å². The van der Waals surface area contributed by atoms with Crippen molar-refractivity contribution < 1.29 is 9.32 Å². The number of hydrogen-bond acceptors (Lipinski definition) is 6. The first kappa shape index (κ1) is 14.7. The molecule has 0 atom stereocenters. The van der Waals surface area contributed by atoms with E-state index in [-0.39, 0.29) is 12.5 Å². The van der Waals surface area contributed by atoms with Gasteiger partial charge in [0, 0.05) is 6.54 Å². The molecule has 0 aliphatic carbocycles. The van der Waals surface area contributed by atoms with Crippen LogP contribution in [0.3, 0.4) is 0 Å². The summed E-state index contributed by atoms with van der Waals surface area (Å²) in [6.07, 6.45) is 0. The van der Waals surface area contributed by atoms with Crippen molar-refractivity contribution in [3.8, 4) is 10.7 Å². The number of amides is 1. The number of rotatable bonds is 7. The molecule has 0 bridgehead atoms. The minimum atomic E-state index is -0.358. The highest BCUT2D eigenvalue weighted by molar-refractivity contribution is 7.13. The van der Waals surface area contributed by atoms with Crippen molar-refractivity contribution in [2.45, 2.75) is 20.4 Å². The molecule has 108 valence electrons. The van der Waals surface area contributed by atoms with Crippen LogP contribution in [-0.4, -0.2) is 34.0 Å². The SMILES string of the molecule is CC(C)CN(CC(N)=O)Cc1nc(-c2cccs2)no1. The predicted octanol–water partition coefficient (Wildman–Crippen LogP) is 1.74. The van der Waals surface area contributed by atoms with E-state index >= 15 is 0 Å². The molecule has 0 aliphatic heterocycles. The number of carbonyl (C=O) groups is 1. The summed E-state index contributed by atoms with van der Waals surface area (Å²) in [6.45, 7) is 5.53. The van der Waals surface area contributed by atoms with E-state index in [0.717, 1.165) is 11.4 Å². The third-order valence-electron chi connectivity index (χ3n) is 2.57. The lowest BCUT2D eigenvalue weighted by molar-refractivity contribution is -0.119. The van der Waals surface area contributed by atoms with Crippen LogP contribution in [0.1, 0.15) is 19.7 Å². The first-order valence-corrected chi connectivity index (χ1v) is 7.29. The number of aromatic nitrogens is 2. The average molecular weight is 294 g/mol. The van der Waals surface area contributed by atoms with Crippen LogP contribution in [0.2, 0.25) is 0 Å². The first-order chi connectivity index (χ1) is 9.54. The molecule has 2 heterocycles. The Hall–Kier alpha value is -1.73. The van der Waals surface area contributed by atoms with E-state index in [1.165, 1.54) is 0 Å². The van der Waals surface area contributed by atoms with E-state index in [1.54, 1.807) is 11.3 Å². The molecule has 2 aromatic rings. The number of carbonyl (C=O) groups excluding carboxylic acids is 1. The van der Waals surface area contributed by atoms with Crippen molar-refractivity contribution in [1.82, 2.24) is 15.0 Å². The van der Waals surface area contributed by atoms with Gasteiger partial charge in [0.05, 0.1) is 18.0 Å². The molecule has 0 aromatic carbocycles. The van der Waals surface area contributed by atoms with Gasteiger partial charge >= 0.3 is 0 Å². The number of thiophene rings is 1. The molecule has 0 aliphatic rings. The average Bonchev–Trinajstić information content (AvgIpc) is 2.95. The van der Waals surface area contributed by atoms with Crippen molar-refractivity contribution in [2.75, 3.05) is 13.1 Å². The molecule has 0 unspecified atom stereocenters. The summed E-state index contributed by atoms with van der Waals surface area (Å²) in [4.78, 5) is 18.3. The van der Waals surface area contributed by atoms with Crippen LogP contribution in [-0.2, 0) is 11.3 Å². The van der Waals surface area contributed by atoms with Gasteiger partial charge in [-0.2, -0.15) is 4.98 Å². The minimum absolute atomic E-state index is 0.189. The molecule has 0 saturated carbocycles. The maximum atomic E-state index is 11.1. The number of primary amides is 1. The maximum absolute atomic E-state index is 11.1. The molecule has 20 heavy (non-hydrogen) atoms. The Labute approximate surface area is 121 Å². The second-order valence-electron chi connectivity index (χ2n) is 5.02. The monoisotopic (exact) mass is 294 g/mol. The Balaban J connectivity index is 2.04. The summed E-state index contributed by atoms with van der Waals surface area (Å²) in [5.74, 6) is 1.14. The fourth-order valence-electron chi connectivity index (χ4n) is 1.94. The van der Waals surface area contributed by atoms with Crippen LogP contribution in [0.4, 0.5) is 0 Å². The molecular weight excluding hydrogens is 276 g/mol. The van der Waals surface area contributed by atoms with Crippen molar-refractivity contribution in [3.05, 3.63) is 23.4 Å². The van der Waals surface area contributed by atoms with Gasteiger partial charge in [-0.05, 0) is 17.4 Å². The van der Waals surface area contributed by atoms with Gasteiger partial charge in [0.1, 0.15) is 0 Å². The summed E-state index contributed by atoms with van der Waals surface area (Å²) in [6, 6.07) is 3.88. The van der Waals surface area contributed by atoms with Crippen molar-refractivity contribution in [2.24, 2.45) is 11.7 Å². The topological polar surface area (TPSA) is 85.2 Å². The van der Waals surface area contributed by atoms with Crippen LogP contribution >= 0.6 is 11.3 Å². The van der Waals surface area contributed by atoms with Gasteiger partial charge in [0.15, 0.2) is 0 Å². The normalized spacial score (nSPS) is 11.4. The highest BCUT2D eigenvalue weighted by Gasteiger charge is 2.16. The van der Waals surface area contributed by atoms with Crippen molar-refractivity contribution in [3.63, 3.8) is 0 Å². The summed E-state index contributed by atoms with van der Waals surface area (Å²) in [7, 11) is 0. The van der Waals surface area contributed by atoms with Crippen LogP contribution in [0.5, 0.6) is 0 Å². The van der Waals surface area contributed by atoms with Gasteiger partial charge in [0.25, 0.3) is 0 Å². The van der Waals surface area contributed by atoms with E-state index in [4.69, 9.17) is 10.3 Å². The van der Waals surface area contributed by atoms with Crippen LogP contribution in [0.25, 0.3) is 10.7 Å². The predicted molar refractivity (Wildman–Crippen MR) is 76.9 cm³/mol. The molecule has 0 spiro atoms. The van der Waals surface area contributed by atoms with E-state index in [2.05, 4.69) is 24.0 Å². The fraction of sp³-hybridized carbons (Fsp3) is 0.462. The summed E-state index contributed by atoms with van der Waals surface area (Å²) >= 11 is 1.56. The molecular formula is C13H18N4O2S. The smallest absolute Gasteiger partial charge is 0.241 e. The van der Waals surface area contributed by atoms with E-state index in [0.29, 0.717) is 24.2 Å². The van der Waals surface area contributed by atoms with E-state index < -0.39 is 0 Å². The number of hydrogen-bond donors (Lipinski definition) is 1. The Morgan fingerprint density at radius 2 is 2.35 bits per heavy atom. The molecule has 2 N–H and O–H groups in total. The van der Waals surface area contributed by atoms with Crippen LogP contribution in [0, 0.1) is 5.92 Å². The molecule has 7 heteroatoms. The standard InChI is InChI=1S/C13H18N4O2S/c1-9(2)6-17(7-11(14)18)8-12-15-13(16-19-12)10-4-3-5-20-10/h3-5,9H,6-8H2,1-2H3,(H2,14,18). The Bertz CT molecular complexity index is 550. The van der Waals surface area contributed by atoms with Gasteiger partial charge in [0.2, 0.25) is 17.6 Å². The second-order valence-corrected chi connectivity index (χ2v) is 5.97. The Kier molecular flexibility index (Phi) is 4.86. The third-order valence-corrected chi connectivity index (χ3v) is 3.44. The van der Waals surface area contributed by atoms with E-state index in [1.807, 2.05) is 22.4 Å². The van der Waals surface area contributed by atoms with Gasteiger partial charge in [-0.25, -0.2) is 0 Å². The zero-order chi connectivity index (χ0) is 14.5. The second kappa shape index (κ2) is 6.62. The lowest BCUT2D eigenvalue weighted by Crippen LogP contribution is -2.35. The summed E-state index contributed by atoms with van der Waals surface area (Å²) < 4.78 is 5.23. The molecule has 1 amide bonds. The number of nitrogens with zero attached hydrogens (tertiary/aromatic N) is 3. The summed E-state index contributed by atoms with van der Waals surface area (Å²) in [5.41, 5.74) is 5.26. The fourth-order valence-corrected chi connectivity index (χ4v) is 2.59. The molecule has 2 rings (SSSR count). The Morgan fingerprint density at radius 1 is 1.55 bits per heavy atom. The number of nitrogens with two attached hydrogens (primary N) is 1. The van der Waals surface area contributed by atoms with Gasteiger partial charge in [-0.15, -0.1) is 11.3 Å². The molecule has 0 fully saturated rings. The Morgan fingerprint density at radius 3 is 2.95 bits per heavy atom. The first-order valence-electron chi connectivity index (χ1n) is 6.41. The quantitative estimate of drug-likeness (QED) is 0.840. The van der Waals surface area contributed by atoms with Crippen LogP contribution < -0.4 is 5.73 Å². The molecule has 0 radical (unpaired) electrons. The largest absolute Gasteiger partial charge is 0.369 e.